The summed E-state index contributed by atoms with van der Waals surface area (Å²) in [5.41, 5.74) is 5.46. The first kappa shape index (κ1) is 10.0. The Morgan fingerprint density at radius 3 is 2.83 bits per heavy atom. The molecule has 2 heteroatoms. The third-order valence-corrected chi connectivity index (χ3v) is 3.20. The Balaban J connectivity index is 2.30. The molecule has 0 spiro atoms. The average molecular weight is 171 g/mol. The van der Waals surface area contributed by atoms with Gasteiger partial charge in [-0.2, -0.15) is 0 Å². The van der Waals surface area contributed by atoms with Crippen LogP contribution in [-0.2, 0) is 0 Å². The highest BCUT2D eigenvalue weighted by molar-refractivity contribution is 4.78. The van der Waals surface area contributed by atoms with Crippen molar-refractivity contribution in [2.24, 2.45) is 17.6 Å². The van der Waals surface area contributed by atoms with E-state index in [-0.39, 0.29) is 6.10 Å². The van der Waals surface area contributed by atoms with Gasteiger partial charge in [-0.15, -0.1) is 0 Å². The lowest BCUT2D eigenvalue weighted by molar-refractivity contribution is 0.0392. The normalized spacial score (nSPS) is 36.8. The molecule has 0 aliphatic heterocycles. The van der Waals surface area contributed by atoms with Crippen LogP contribution in [0.4, 0.5) is 0 Å². The van der Waals surface area contributed by atoms with Gasteiger partial charge < -0.3 is 10.8 Å². The molecule has 1 aliphatic rings. The molecule has 1 rings (SSSR count). The summed E-state index contributed by atoms with van der Waals surface area (Å²) in [5, 5.41) is 9.62. The summed E-state index contributed by atoms with van der Waals surface area (Å²) >= 11 is 0. The zero-order valence-corrected chi connectivity index (χ0v) is 8.00. The molecule has 0 bridgehead atoms. The zero-order chi connectivity index (χ0) is 8.97. The standard InChI is InChI=1S/C10H21NO/c1-8-9(5-3-7-11)4-2-6-10(8)12/h8-10,12H,2-7,11H2,1H3. The Bertz CT molecular complexity index is 127. The van der Waals surface area contributed by atoms with Gasteiger partial charge in [0.1, 0.15) is 0 Å². The van der Waals surface area contributed by atoms with Crippen molar-refractivity contribution < 1.29 is 5.11 Å². The molecule has 0 radical (unpaired) electrons. The Hall–Kier alpha value is -0.0800. The third kappa shape index (κ3) is 2.46. The van der Waals surface area contributed by atoms with Crippen molar-refractivity contribution in [1.29, 1.82) is 0 Å². The Morgan fingerprint density at radius 2 is 2.17 bits per heavy atom. The van der Waals surface area contributed by atoms with Crippen molar-refractivity contribution in [3.63, 3.8) is 0 Å². The van der Waals surface area contributed by atoms with Gasteiger partial charge in [0.2, 0.25) is 0 Å². The number of hydrogen-bond donors (Lipinski definition) is 2. The Kier molecular flexibility index (Phi) is 4.02. The molecule has 1 saturated carbocycles. The molecule has 0 heterocycles. The van der Waals surface area contributed by atoms with Crippen molar-refractivity contribution >= 4 is 0 Å². The molecule has 1 fully saturated rings. The summed E-state index contributed by atoms with van der Waals surface area (Å²) in [7, 11) is 0. The second kappa shape index (κ2) is 4.83. The first-order valence-corrected chi connectivity index (χ1v) is 5.14. The van der Waals surface area contributed by atoms with Crippen LogP contribution in [0.1, 0.15) is 39.0 Å². The summed E-state index contributed by atoms with van der Waals surface area (Å²) in [6.45, 7) is 2.96. The van der Waals surface area contributed by atoms with E-state index in [9.17, 15) is 5.11 Å². The summed E-state index contributed by atoms with van der Waals surface area (Å²) < 4.78 is 0. The predicted octanol–water partition coefficient (Wildman–Crippen LogP) is 1.52. The van der Waals surface area contributed by atoms with Crippen LogP contribution < -0.4 is 5.73 Å². The molecule has 72 valence electrons. The fraction of sp³-hybridized carbons (Fsp3) is 1.00. The maximum absolute atomic E-state index is 9.62. The smallest absolute Gasteiger partial charge is 0.0568 e. The summed E-state index contributed by atoms with van der Waals surface area (Å²) in [5.74, 6) is 1.21. The summed E-state index contributed by atoms with van der Waals surface area (Å²) in [6, 6.07) is 0. The zero-order valence-electron chi connectivity index (χ0n) is 8.00. The molecule has 1 aliphatic carbocycles. The lowest BCUT2D eigenvalue weighted by atomic mass is 9.76. The van der Waals surface area contributed by atoms with Gasteiger partial charge in [0.25, 0.3) is 0 Å². The van der Waals surface area contributed by atoms with E-state index in [0.29, 0.717) is 5.92 Å². The molecule has 0 aromatic heterocycles. The van der Waals surface area contributed by atoms with Crippen molar-refractivity contribution in [1.82, 2.24) is 0 Å². The van der Waals surface area contributed by atoms with E-state index in [1.165, 1.54) is 19.3 Å². The number of aliphatic hydroxyl groups excluding tert-OH is 1. The van der Waals surface area contributed by atoms with E-state index in [2.05, 4.69) is 6.92 Å². The predicted molar refractivity (Wildman–Crippen MR) is 50.8 cm³/mol. The number of rotatable bonds is 3. The van der Waals surface area contributed by atoms with Crippen molar-refractivity contribution in [3.8, 4) is 0 Å². The topological polar surface area (TPSA) is 46.2 Å². The monoisotopic (exact) mass is 171 g/mol. The maximum Gasteiger partial charge on any atom is 0.0568 e. The summed E-state index contributed by atoms with van der Waals surface area (Å²) in [6.07, 6.45) is 5.75. The SMILES string of the molecule is CC1C(O)CCCC1CCCN. The number of aliphatic hydroxyl groups is 1. The van der Waals surface area contributed by atoms with Crippen LogP contribution in [0, 0.1) is 11.8 Å². The molecule has 0 aromatic rings. The van der Waals surface area contributed by atoms with Gasteiger partial charge >= 0.3 is 0 Å². The molecule has 0 aromatic carbocycles. The second-order valence-corrected chi connectivity index (χ2v) is 4.05. The fourth-order valence-electron chi connectivity index (χ4n) is 2.22. The van der Waals surface area contributed by atoms with Crippen LogP contribution >= 0.6 is 0 Å². The fourth-order valence-corrected chi connectivity index (χ4v) is 2.22. The quantitative estimate of drug-likeness (QED) is 0.676. The molecular weight excluding hydrogens is 150 g/mol. The van der Waals surface area contributed by atoms with Crippen LogP contribution in [0.15, 0.2) is 0 Å². The summed E-state index contributed by atoms with van der Waals surface area (Å²) in [4.78, 5) is 0. The van der Waals surface area contributed by atoms with Gasteiger partial charge in [-0.1, -0.05) is 19.8 Å². The first-order chi connectivity index (χ1) is 5.75. The highest BCUT2D eigenvalue weighted by Crippen LogP contribution is 2.32. The van der Waals surface area contributed by atoms with E-state index in [0.717, 1.165) is 25.3 Å². The molecule has 0 amide bonds. The van der Waals surface area contributed by atoms with Gasteiger partial charge in [-0.25, -0.2) is 0 Å². The van der Waals surface area contributed by atoms with Crippen molar-refractivity contribution in [3.05, 3.63) is 0 Å². The van der Waals surface area contributed by atoms with Gasteiger partial charge in [-0.3, -0.25) is 0 Å². The lowest BCUT2D eigenvalue weighted by Crippen LogP contribution is -2.30. The Morgan fingerprint density at radius 1 is 1.42 bits per heavy atom. The highest BCUT2D eigenvalue weighted by Gasteiger charge is 2.27. The molecule has 2 nitrogen and oxygen atoms in total. The molecule has 0 saturated heterocycles. The maximum atomic E-state index is 9.62. The van der Waals surface area contributed by atoms with Crippen LogP contribution in [0.5, 0.6) is 0 Å². The molecule has 3 unspecified atom stereocenters. The second-order valence-electron chi connectivity index (χ2n) is 4.05. The van der Waals surface area contributed by atoms with Crippen molar-refractivity contribution in [2.45, 2.75) is 45.1 Å². The van der Waals surface area contributed by atoms with Gasteiger partial charge in [0.15, 0.2) is 0 Å². The van der Waals surface area contributed by atoms with Crippen LogP contribution in [0.25, 0.3) is 0 Å². The van der Waals surface area contributed by atoms with E-state index in [1.54, 1.807) is 0 Å². The minimum Gasteiger partial charge on any atom is -0.393 e. The number of nitrogens with two attached hydrogens (primary N) is 1. The minimum absolute atomic E-state index is 0.0541. The van der Waals surface area contributed by atoms with Crippen molar-refractivity contribution in [2.75, 3.05) is 6.54 Å². The molecular formula is C10H21NO. The number of hydrogen-bond acceptors (Lipinski definition) is 2. The van der Waals surface area contributed by atoms with Crippen LogP contribution in [-0.4, -0.2) is 17.8 Å². The van der Waals surface area contributed by atoms with E-state index in [1.807, 2.05) is 0 Å². The third-order valence-electron chi connectivity index (χ3n) is 3.20. The van der Waals surface area contributed by atoms with Gasteiger partial charge in [-0.05, 0) is 37.6 Å². The first-order valence-electron chi connectivity index (χ1n) is 5.14. The highest BCUT2D eigenvalue weighted by atomic mass is 16.3. The van der Waals surface area contributed by atoms with E-state index >= 15 is 0 Å². The van der Waals surface area contributed by atoms with Crippen LogP contribution in [0.3, 0.4) is 0 Å². The van der Waals surface area contributed by atoms with E-state index in [4.69, 9.17) is 5.73 Å². The van der Waals surface area contributed by atoms with Gasteiger partial charge in [0.05, 0.1) is 6.10 Å². The molecule has 3 N–H and O–H groups in total. The lowest BCUT2D eigenvalue weighted by Gasteiger charge is -2.33. The van der Waals surface area contributed by atoms with Crippen LogP contribution in [0.2, 0.25) is 0 Å². The van der Waals surface area contributed by atoms with E-state index < -0.39 is 0 Å². The average Bonchev–Trinajstić information content (AvgIpc) is 2.08. The largest absolute Gasteiger partial charge is 0.393 e. The minimum atomic E-state index is -0.0541. The molecule has 12 heavy (non-hydrogen) atoms. The molecule has 3 atom stereocenters. The Labute approximate surface area is 75.2 Å². The van der Waals surface area contributed by atoms with Gasteiger partial charge in [0, 0.05) is 0 Å².